The molecule has 0 aliphatic heterocycles. The molecule has 6 rings (SSSR count). The first-order chi connectivity index (χ1) is 7.47. The molecule has 0 aromatic rings. The summed E-state index contributed by atoms with van der Waals surface area (Å²) in [5.74, 6) is 15.5. The standard InChI is InChI=1S/C15H18/c1-2-5-7-3-6-4(1)8-10(6)14-12(8)15-11(7)9(5)13(14)15/h4-15H,1-3H2/t4?,5?,6-,7?,8?,9?,10?,11?,12?,13?,14?,15?/m0/s1. The molecular weight excluding hydrogens is 180 g/mol. The van der Waals surface area contributed by atoms with Crippen LogP contribution in [0.1, 0.15) is 19.3 Å². The lowest BCUT2D eigenvalue weighted by atomic mass is 9.14. The SMILES string of the molecule is C1CC2C3C4C5C6C7C[C@@H]2C3C4C5C6C17. The topological polar surface area (TPSA) is 0 Å². The Hall–Kier alpha value is 0. The first-order valence-electron chi connectivity index (χ1n) is 7.47. The van der Waals surface area contributed by atoms with Gasteiger partial charge in [0.2, 0.25) is 0 Å². The van der Waals surface area contributed by atoms with Gasteiger partial charge in [-0.05, 0) is 90.3 Å². The van der Waals surface area contributed by atoms with Crippen molar-refractivity contribution < 1.29 is 0 Å². The van der Waals surface area contributed by atoms with E-state index in [-0.39, 0.29) is 0 Å². The van der Waals surface area contributed by atoms with Gasteiger partial charge >= 0.3 is 0 Å². The predicted octanol–water partition coefficient (Wildman–Crippen LogP) is 2.65. The van der Waals surface area contributed by atoms with Crippen LogP contribution in [0.2, 0.25) is 0 Å². The zero-order chi connectivity index (χ0) is 9.05. The summed E-state index contributed by atoms with van der Waals surface area (Å²) < 4.78 is 0. The fraction of sp³-hybridized carbons (Fsp3) is 1.00. The van der Waals surface area contributed by atoms with Crippen molar-refractivity contribution in [1.82, 2.24) is 0 Å². The molecule has 0 aromatic carbocycles. The van der Waals surface area contributed by atoms with Gasteiger partial charge in [0.1, 0.15) is 0 Å². The normalized spacial score (nSPS) is 91.2. The van der Waals surface area contributed by atoms with Crippen molar-refractivity contribution in [1.29, 1.82) is 0 Å². The molecule has 0 N–H and O–H groups in total. The van der Waals surface area contributed by atoms with Crippen LogP contribution in [0.15, 0.2) is 0 Å². The summed E-state index contributed by atoms with van der Waals surface area (Å²) in [5.41, 5.74) is 0. The minimum Gasteiger partial charge on any atom is -0.0496 e. The predicted molar refractivity (Wildman–Crippen MR) is 55.7 cm³/mol. The molecular formula is C15H18. The molecule has 6 aliphatic carbocycles. The quantitative estimate of drug-likeness (QED) is 0.525. The van der Waals surface area contributed by atoms with E-state index in [9.17, 15) is 0 Å². The maximum atomic E-state index is 1.71. The highest BCUT2D eigenvalue weighted by Crippen LogP contribution is 2.91. The minimum atomic E-state index is 1.25. The summed E-state index contributed by atoms with van der Waals surface area (Å²) in [4.78, 5) is 0. The van der Waals surface area contributed by atoms with Crippen molar-refractivity contribution in [2.75, 3.05) is 0 Å². The van der Waals surface area contributed by atoms with Crippen LogP contribution in [0.25, 0.3) is 0 Å². The molecule has 0 radical (unpaired) electrons. The van der Waals surface area contributed by atoms with E-state index in [1.807, 2.05) is 0 Å². The molecule has 6 fully saturated rings. The van der Waals surface area contributed by atoms with Crippen LogP contribution >= 0.6 is 0 Å². The Kier molecular flexibility index (Phi) is 0.691. The molecule has 0 heteroatoms. The molecule has 0 spiro atoms. The molecule has 78 valence electrons. The third-order valence-corrected chi connectivity index (χ3v) is 8.90. The van der Waals surface area contributed by atoms with E-state index in [1.54, 1.807) is 19.3 Å². The van der Waals surface area contributed by atoms with Crippen molar-refractivity contribution in [3.63, 3.8) is 0 Å². The number of hydrogen-bond acceptors (Lipinski definition) is 0. The van der Waals surface area contributed by atoms with Gasteiger partial charge in [0.15, 0.2) is 0 Å². The highest BCUT2D eigenvalue weighted by molar-refractivity contribution is 5.34. The summed E-state index contributed by atoms with van der Waals surface area (Å²) in [5, 5.41) is 0. The molecule has 0 saturated heterocycles. The highest BCUT2D eigenvalue weighted by Gasteiger charge is 2.87. The lowest BCUT2D eigenvalue weighted by Crippen LogP contribution is -2.87. The van der Waals surface area contributed by atoms with Gasteiger partial charge in [-0.2, -0.15) is 0 Å². The zero-order valence-electron chi connectivity index (χ0n) is 9.05. The van der Waals surface area contributed by atoms with Crippen LogP contribution < -0.4 is 0 Å². The van der Waals surface area contributed by atoms with Crippen LogP contribution in [0.4, 0.5) is 0 Å². The molecule has 0 heterocycles. The van der Waals surface area contributed by atoms with E-state index in [0.717, 1.165) is 0 Å². The summed E-state index contributed by atoms with van der Waals surface area (Å²) in [6.07, 6.45) is 5.04. The Bertz CT molecular complexity index is 294. The Morgan fingerprint density at radius 3 is 1.27 bits per heavy atom. The average Bonchev–Trinajstić information content (AvgIpc) is 2.23. The van der Waals surface area contributed by atoms with Crippen molar-refractivity contribution in [2.45, 2.75) is 19.3 Å². The second-order valence-corrected chi connectivity index (χ2v) is 8.09. The van der Waals surface area contributed by atoms with E-state index < -0.39 is 0 Å². The summed E-state index contributed by atoms with van der Waals surface area (Å²) in [6, 6.07) is 0. The molecule has 12 atom stereocenters. The van der Waals surface area contributed by atoms with Crippen LogP contribution in [0.5, 0.6) is 0 Å². The fourth-order valence-electron chi connectivity index (χ4n) is 8.98. The molecule has 11 unspecified atom stereocenters. The Morgan fingerprint density at radius 2 is 0.800 bits per heavy atom. The zero-order valence-corrected chi connectivity index (χ0v) is 9.05. The lowest BCUT2D eigenvalue weighted by Gasteiger charge is -2.90. The lowest BCUT2D eigenvalue weighted by molar-refractivity contribution is -0.435. The summed E-state index contributed by atoms with van der Waals surface area (Å²) in [7, 11) is 0. The Labute approximate surface area is 90.8 Å². The van der Waals surface area contributed by atoms with Crippen LogP contribution in [-0.2, 0) is 0 Å². The molecule has 0 amide bonds. The van der Waals surface area contributed by atoms with E-state index >= 15 is 0 Å². The van der Waals surface area contributed by atoms with Gasteiger partial charge in [0.25, 0.3) is 0 Å². The summed E-state index contributed by atoms with van der Waals surface area (Å²) >= 11 is 0. The number of hydrogen-bond donors (Lipinski definition) is 0. The smallest absolute Gasteiger partial charge is 0.0312 e. The first kappa shape index (κ1) is 6.67. The van der Waals surface area contributed by atoms with Gasteiger partial charge in [-0.15, -0.1) is 0 Å². The van der Waals surface area contributed by atoms with Crippen LogP contribution in [0, 0.1) is 71.0 Å². The van der Waals surface area contributed by atoms with Gasteiger partial charge in [-0.3, -0.25) is 0 Å². The minimum absolute atomic E-state index is 1.25. The number of fused-ring (bicyclic) bond motifs is 16. The van der Waals surface area contributed by atoms with Crippen molar-refractivity contribution in [2.24, 2.45) is 71.0 Å². The van der Waals surface area contributed by atoms with Gasteiger partial charge in [-0.25, -0.2) is 0 Å². The van der Waals surface area contributed by atoms with Crippen molar-refractivity contribution in [3.05, 3.63) is 0 Å². The second kappa shape index (κ2) is 1.56. The maximum absolute atomic E-state index is 1.71. The first-order valence-corrected chi connectivity index (χ1v) is 7.47. The monoisotopic (exact) mass is 198 g/mol. The molecule has 15 heavy (non-hydrogen) atoms. The number of rotatable bonds is 0. The Balaban J connectivity index is 1.56. The van der Waals surface area contributed by atoms with E-state index in [4.69, 9.17) is 0 Å². The maximum Gasteiger partial charge on any atom is -0.0312 e. The summed E-state index contributed by atoms with van der Waals surface area (Å²) in [6.45, 7) is 0. The molecule has 6 saturated carbocycles. The third kappa shape index (κ3) is 0.378. The van der Waals surface area contributed by atoms with Crippen LogP contribution in [-0.4, -0.2) is 0 Å². The van der Waals surface area contributed by atoms with Crippen LogP contribution in [0.3, 0.4) is 0 Å². The second-order valence-electron chi connectivity index (χ2n) is 8.09. The van der Waals surface area contributed by atoms with Crippen molar-refractivity contribution >= 4 is 0 Å². The van der Waals surface area contributed by atoms with E-state index in [1.165, 1.54) is 71.0 Å². The van der Waals surface area contributed by atoms with Gasteiger partial charge in [0.05, 0.1) is 0 Å². The van der Waals surface area contributed by atoms with Gasteiger partial charge in [-0.1, -0.05) is 0 Å². The van der Waals surface area contributed by atoms with Crippen molar-refractivity contribution in [3.8, 4) is 0 Å². The average molecular weight is 198 g/mol. The fourth-order valence-corrected chi connectivity index (χ4v) is 8.98. The molecule has 0 aromatic heterocycles. The largest absolute Gasteiger partial charge is 0.0496 e. The molecule has 0 nitrogen and oxygen atoms in total. The molecule has 6 aliphatic rings. The molecule has 0 bridgehead atoms. The third-order valence-electron chi connectivity index (χ3n) is 8.90. The van der Waals surface area contributed by atoms with E-state index in [0.29, 0.717) is 0 Å². The Morgan fingerprint density at radius 1 is 0.400 bits per heavy atom. The van der Waals surface area contributed by atoms with Gasteiger partial charge < -0.3 is 0 Å². The van der Waals surface area contributed by atoms with Gasteiger partial charge in [0, 0.05) is 0 Å². The highest BCUT2D eigenvalue weighted by atomic mass is 14.9. The van der Waals surface area contributed by atoms with E-state index in [2.05, 4.69) is 0 Å².